The molecule has 98 valence electrons. The van der Waals surface area contributed by atoms with Crippen LogP contribution in [0.4, 0.5) is 4.39 Å². The third-order valence-corrected chi connectivity index (χ3v) is 3.17. The SMILES string of the molecule is Cc1nc(-c2ccccc2)ncc1-c1ccc(F)cc1. The lowest BCUT2D eigenvalue weighted by atomic mass is 10.1. The minimum Gasteiger partial charge on any atom is -0.236 e. The fourth-order valence-electron chi connectivity index (χ4n) is 2.11. The highest BCUT2D eigenvalue weighted by Crippen LogP contribution is 2.24. The zero-order chi connectivity index (χ0) is 13.9. The molecule has 0 aliphatic rings. The molecule has 0 radical (unpaired) electrons. The third kappa shape index (κ3) is 2.43. The second-order valence-corrected chi connectivity index (χ2v) is 4.57. The van der Waals surface area contributed by atoms with Gasteiger partial charge in [-0.05, 0) is 24.6 Å². The van der Waals surface area contributed by atoms with Crippen LogP contribution in [0.2, 0.25) is 0 Å². The molecule has 1 heterocycles. The molecule has 0 N–H and O–H groups in total. The maximum absolute atomic E-state index is 13.0. The van der Waals surface area contributed by atoms with Gasteiger partial charge < -0.3 is 0 Å². The summed E-state index contributed by atoms with van der Waals surface area (Å²) in [5, 5.41) is 0. The van der Waals surface area contributed by atoms with E-state index in [2.05, 4.69) is 9.97 Å². The van der Waals surface area contributed by atoms with Crippen LogP contribution in [0.15, 0.2) is 60.8 Å². The highest BCUT2D eigenvalue weighted by atomic mass is 19.1. The molecular weight excluding hydrogens is 251 g/mol. The van der Waals surface area contributed by atoms with Crippen LogP contribution >= 0.6 is 0 Å². The average molecular weight is 264 g/mol. The summed E-state index contributed by atoms with van der Waals surface area (Å²) >= 11 is 0. The van der Waals surface area contributed by atoms with Crippen molar-refractivity contribution in [2.75, 3.05) is 0 Å². The van der Waals surface area contributed by atoms with Crippen LogP contribution in [0.1, 0.15) is 5.69 Å². The van der Waals surface area contributed by atoms with E-state index in [0.717, 1.165) is 22.4 Å². The van der Waals surface area contributed by atoms with Crippen molar-refractivity contribution in [3.05, 3.63) is 72.3 Å². The first-order valence-corrected chi connectivity index (χ1v) is 6.39. The zero-order valence-corrected chi connectivity index (χ0v) is 11.0. The summed E-state index contributed by atoms with van der Waals surface area (Å²) in [4.78, 5) is 8.94. The number of hydrogen-bond acceptors (Lipinski definition) is 2. The quantitative estimate of drug-likeness (QED) is 0.691. The molecule has 2 nitrogen and oxygen atoms in total. The van der Waals surface area contributed by atoms with Crippen molar-refractivity contribution in [2.24, 2.45) is 0 Å². The van der Waals surface area contributed by atoms with Gasteiger partial charge in [0.2, 0.25) is 0 Å². The summed E-state index contributed by atoms with van der Waals surface area (Å²) in [5.74, 6) is 0.460. The van der Waals surface area contributed by atoms with Crippen molar-refractivity contribution in [1.29, 1.82) is 0 Å². The van der Waals surface area contributed by atoms with E-state index in [0.29, 0.717) is 5.82 Å². The van der Waals surface area contributed by atoms with Crippen molar-refractivity contribution in [1.82, 2.24) is 9.97 Å². The molecular formula is C17H13FN2. The predicted molar refractivity (Wildman–Crippen MR) is 77.6 cm³/mol. The van der Waals surface area contributed by atoms with E-state index in [4.69, 9.17) is 0 Å². The van der Waals surface area contributed by atoms with Crippen LogP contribution in [-0.4, -0.2) is 9.97 Å². The predicted octanol–water partition coefficient (Wildman–Crippen LogP) is 4.26. The van der Waals surface area contributed by atoms with Crippen molar-refractivity contribution >= 4 is 0 Å². The molecule has 3 rings (SSSR count). The van der Waals surface area contributed by atoms with Gasteiger partial charge in [-0.25, -0.2) is 14.4 Å². The van der Waals surface area contributed by atoms with E-state index in [1.807, 2.05) is 37.3 Å². The number of rotatable bonds is 2. The van der Waals surface area contributed by atoms with Gasteiger partial charge in [-0.1, -0.05) is 42.5 Å². The number of aromatic nitrogens is 2. The Hall–Kier alpha value is -2.55. The Bertz CT molecular complexity index is 722. The van der Waals surface area contributed by atoms with Gasteiger partial charge in [-0.15, -0.1) is 0 Å². The summed E-state index contributed by atoms with van der Waals surface area (Å²) in [7, 11) is 0. The molecule has 0 spiro atoms. The van der Waals surface area contributed by atoms with Crippen LogP contribution < -0.4 is 0 Å². The third-order valence-electron chi connectivity index (χ3n) is 3.17. The lowest BCUT2D eigenvalue weighted by Gasteiger charge is -2.07. The first-order chi connectivity index (χ1) is 9.74. The molecule has 0 saturated carbocycles. The van der Waals surface area contributed by atoms with E-state index in [1.54, 1.807) is 18.3 Å². The first kappa shape index (κ1) is 12.5. The van der Waals surface area contributed by atoms with Gasteiger partial charge in [-0.2, -0.15) is 0 Å². The van der Waals surface area contributed by atoms with Crippen molar-refractivity contribution in [3.63, 3.8) is 0 Å². The maximum atomic E-state index is 13.0. The average Bonchev–Trinajstić information content (AvgIpc) is 2.49. The smallest absolute Gasteiger partial charge is 0.159 e. The lowest BCUT2D eigenvalue weighted by molar-refractivity contribution is 0.628. The first-order valence-electron chi connectivity index (χ1n) is 6.39. The monoisotopic (exact) mass is 264 g/mol. The number of halogens is 1. The highest BCUT2D eigenvalue weighted by molar-refractivity contribution is 5.66. The fraction of sp³-hybridized carbons (Fsp3) is 0.0588. The molecule has 0 unspecified atom stereocenters. The maximum Gasteiger partial charge on any atom is 0.159 e. The molecule has 3 heteroatoms. The summed E-state index contributed by atoms with van der Waals surface area (Å²) in [6, 6.07) is 16.2. The van der Waals surface area contributed by atoms with E-state index in [-0.39, 0.29) is 5.82 Å². The number of nitrogens with zero attached hydrogens (tertiary/aromatic N) is 2. The summed E-state index contributed by atoms with van der Waals surface area (Å²) in [6.45, 7) is 1.94. The molecule has 0 atom stereocenters. The largest absolute Gasteiger partial charge is 0.236 e. The molecule has 1 aromatic heterocycles. The van der Waals surface area contributed by atoms with Crippen molar-refractivity contribution in [2.45, 2.75) is 6.92 Å². The number of hydrogen-bond donors (Lipinski definition) is 0. The van der Waals surface area contributed by atoms with Crippen molar-refractivity contribution < 1.29 is 4.39 Å². The molecule has 3 aromatic rings. The molecule has 0 aliphatic carbocycles. The van der Waals surface area contributed by atoms with Crippen LogP contribution in [-0.2, 0) is 0 Å². The fourth-order valence-corrected chi connectivity index (χ4v) is 2.11. The molecule has 0 aliphatic heterocycles. The van der Waals surface area contributed by atoms with E-state index in [9.17, 15) is 4.39 Å². The number of benzene rings is 2. The van der Waals surface area contributed by atoms with E-state index < -0.39 is 0 Å². The minimum absolute atomic E-state index is 0.242. The molecule has 0 amide bonds. The van der Waals surface area contributed by atoms with Crippen molar-refractivity contribution in [3.8, 4) is 22.5 Å². The molecule has 0 saturated heterocycles. The van der Waals surface area contributed by atoms with Crippen LogP contribution in [0.3, 0.4) is 0 Å². The zero-order valence-electron chi connectivity index (χ0n) is 11.0. The van der Waals surface area contributed by atoms with Gasteiger partial charge in [0.05, 0.1) is 0 Å². The molecule has 20 heavy (non-hydrogen) atoms. The van der Waals surface area contributed by atoms with Crippen LogP contribution in [0.5, 0.6) is 0 Å². The Morgan fingerprint density at radius 1 is 0.850 bits per heavy atom. The van der Waals surface area contributed by atoms with Gasteiger partial charge in [0.15, 0.2) is 5.82 Å². The topological polar surface area (TPSA) is 25.8 Å². The van der Waals surface area contributed by atoms with E-state index in [1.165, 1.54) is 12.1 Å². The Morgan fingerprint density at radius 2 is 1.55 bits per heavy atom. The summed E-state index contributed by atoms with van der Waals surface area (Å²) < 4.78 is 13.0. The highest BCUT2D eigenvalue weighted by Gasteiger charge is 2.07. The van der Waals surface area contributed by atoms with Gasteiger partial charge in [-0.3, -0.25) is 0 Å². The standard InChI is InChI=1S/C17H13FN2/c1-12-16(13-7-9-15(18)10-8-13)11-19-17(20-12)14-5-3-2-4-6-14/h2-11H,1H3. The Morgan fingerprint density at radius 3 is 2.20 bits per heavy atom. The normalized spacial score (nSPS) is 10.5. The number of aryl methyl sites for hydroxylation is 1. The summed E-state index contributed by atoms with van der Waals surface area (Å²) in [5.41, 5.74) is 3.71. The molecule has 0 fully saturated rings. The van der Waals surface area contributed by atoms with Crippen LogP contribution in [0, 0.1) is 12.7 Å². The van der Waals surface area contributed by atoms with Gasteiger partial charge >= 0.3 is 0 Å². The molecule has 0 bridgehead atoms. The van der Waals surface area contributed by atoms with Gasteiger partial charge in [0.25, 0.3) is 0 Å². The van der Waals surface area contributed by atoms with Crippen LogP contribution in [0.25, 0.3) is 22.5 Å². The summed E-state index contributed by atoms with van der Waals surface area (Å²) in [6.07, 6.45) is 1.79. The Labute approximate surface area is 117 Å². The Kier molecular flexibility index (Phi) is 3.25. The lowest BCUT2D eigenvalue weighted by Crippen LogP contribution is -1.94. The second-order valence-electron chi connectivity index (χ2n) is 4.57. The van der Waals surface area contributed by atoms with Gasteiger partial charge in [0, 0.05) is 23.0 Å². The Balaban J connectivity index is 2.02. The van der Waals surface area contributed by atoms with Gasteiger partial charge in [0.1, 0.15) is 5.82 Å². The second kappa shape index (κ2) is 5.21. The van der Waals surface area contributed by atoms with E-state index >= 15 is 0 Å². The minimum atomic E-state index is -0.242. The molecule has 2 aromatic carbocycles.